The van der Waals surface area contributed by atoms with Crippen molar-refractivity contribution in [2.45, 2.75) is 51.4 Å². The number of aromatic nitrogens is 1. The Morgan fingerprint density at radius 3 is 2.56 bits per heavy atom. The van der Waals surface area contributed by atoms with Gasteiger partial charge in [0, 0.05) is 29.7 Å². The number of benzene rings is 3. The summed E-state index contributed by atoms with van der Waals surface area (Å²) in [6.07, 6.45) is 7.98. The van der Waals surface area contributed by atoms with Crippen LogP contribution >= 0.6 is 0 Å². The monoisotopic (exact) mass is 478 g/mol. The summed E-state index contributed by atoms with van der Waals surface area (Å²) in [5.74, 6) is 0.00840. The summed E-state index contributed by atoms with van der Waals surface area (Å²) in [4.78, 5) is 17.5. The van der Waals surface area contributed by atoms with Gasteiger partial charge in [0.15, 0.2) is 0 Å². The van der Waals surface area contributed by atoms with Crippen LogP contribution in [0.4, 0.5) is 17.1 Å². The second-order valence-electron chi connectivity index (χ2n) is 9.59. The molecule has 5 heteroatoms. The number of hydrogen-bond donors (Lipinski definition) is 3. The van der Waals surface area contributed by atoms with Crippen LogP contribution in [0.3, 0.4) is 0 Å². The summed E-state index contributed by atoms with van der Waals surface area (Å²) in [6, 6.07) is 24.3. The van der Waals surface area contributed by atoms with Crippen molar-refractivity contribution < 1.29 is 4.79 Å². The van der Waals surface area contributed by atoms with Gasteiger partial charge in [-0.25, -0.2) is 0 Å². The lowest BCUT2D eigenvalue weighted by Crippen LogP contribution is -2.13. The zero-order chi connectivity index (χ0) is 24.7. The Morgan fingerprint density at radius 1 is 0.861 bits per heavy atom. The number of carbonyl (C=O) groups is 1. The van der Waals surface area contributed by atoms with E-state index in [0.717, 1.165) is 55.3 Å². The number of nitrogens with two attached hydrogens (primary N) is 1. The first-order chi connectivity index (χ1) is 17.7. The number of para-hydroxylation sites is 1. The van der Waals surface area contributed by atoms with Crippen molar-refractivity contribution in [3.63, 3.8) is 0 Å². The van der Waals surface area contributed by atoms with Crippen molar-refractivity contribution >= 4 is 33.9 Å². The van der Waals surface area contributed by atoms with Gasteiger partial charge in [-0.05, 0) is 73.4 Å². The zero-order valence-electron chi connectivity index (χ0n) is 20.7. The van der Waals surface area contributed by atoms with Gasteiger partial charge in [-0.15, -0.1) is 0 Å². The van der Waals surface area contributed by atoms with Gasteiger partial charge in [-0.2, -0.15) is 0 Å². The molecule has 1 amide bonds. The Morgan fingerprint density at radius 2 is 1.67 bits per heavy atom. The summed E-state index contributed by atoms with van der Waals surface area (Å²) >= 11 is 0. The molecule has 1 heterocycles. The third-order valence-corrected chi connectivity index (χ3v) is 6.99. The largest absolute Gasteiger partial charge is 0.397 e. The van der Waals surface area contributed by atoms with E-state index in [1.165, 1.54) is 35.2 Å². The van der Waals surface area contributed by atoms with Gasteiger partial charge >= 0.3 is 0 Å². The van der Waals surface area contributed by atoms with Crippen LogP contribution in [-0.4, -0.2) is 17.4 Å². The van der Waals surface area contributed by atoms with Crippen LogP contribution < -0.4 is 16.4 Å². The topological polar surface area (TPSA) is 80.0 Å². The lowest BCUT2D eigenvalue weighted by atomic mass is 9.92. The number of nitrogens with zero attached hydrogens (tertiary/aromatic N) is 1. The van der Waals surface area contributed by atoms with Crippen molar-refractivity contribution in [1.29, 1.82) is 0 Å². The fourth-order valence-corrected chi connectivity index (χ4v) is 5.06. The Labute approximate surface area is 213 Å². The Bertz CT molecular complexity index is 1350. The molecule has 3 aromatic carbocycles. The Balaban J connectivity index is 1.12. The highest BCUT2D eigenvalue weighted by molar-refractivity contribution is 5.95. The number of pyridine rings is 1. The summed E-state index contributed by atoms with van der Waals surface area (Å²) < 4.78 is 0. The fraction of sp³-hybridized carbons (Fsp3) is 0.290. The van der Waals surface area contributed by atoms with Crippen molar-refractivity contribution in [1.82, 2.24) is 4.98 Å². The SMILES string of the molecule is Nc1ccc(-c2ccccc2)cc1NC(=O)CCCCCNc1c2c(nc3ccccc13)CCCC2. The minimum Gasteiger partial charge on any atom is -0.397 e. The minimum absolute atomic E-state index is 0.00840. The number of carbonyl (C=O) groups excluding carboxylic acids is 1. The molecule has 1 aromatic heterocycles. The number of nitrogens with one attached hydrogen (secondary N) is 2. The first-order valence-electron chi connectivity index (χ1n) is 13.1. The molecule has 1 aliphatic rings. The fourth-order valence-electron chi connectivity index (χ4n) is 5.06. The average molecular weight is 479 g/mol. The van der Waals surface area contributed by atoms with Gasteiger partial charge in [0.05, 0.1) is 16.9 Å². The average Bonchev–Trinajstić information content (AvgIpc) is 2.91. The predicted molar refractivity (Wildman–Crippen MR) is 150 cm³/mol. The van der Waals surface area contributed by atoms with Crippen LogP contribution in [-0.2, 0) is 17.6 Å². The van der Waals surface area contributed by atoms with Crippen LogP contribution in [0, 0.1) is 0 Å². The van der Waals surface area contributed by atoms with Crippen LogP contribution in [0.2, 0.25) is 0 Å². The van der Waals surface area contributed by atoms with E-state index in [2.05, 4.69) is 47.0 Å². The van der Waals surface area contributed by atoms with Crippen molar-refractivity contribution in [2.75, 3.05) is 22.9 Å². The van der Waals surface area contributed by atoms with Crippen LogP contribution in [0.25, 0.3) is 22.0 Å². The standard InChI is InChI=1S/C31H34N4O/c32-26-19-18-23(22-11-3-1-4-12-22)21-29(26)35-30(36)17-5-2-10-20-33-31-24-13-6-8-15-27(24)34-28-16-9-7-14-25(28)31/h1,3-4,6,8,11-13,15,18-19,21H,2,5,7,9-10,14,16-17,20,32H2,(H,33,34)(H,35,36). The number of aryl methyl sites for hydroxylation is 1. The number of nitrogen functional groups attached to an aromatic ring is 1. The summed E-state index contributed by atoms with van der Waals surface area (Å²) in [7, 11) is 0. The minimum atomic E-state index is 0.00840. The van der Waals surface area contributed by atoms with E-state index in [0.29, 0.717) is 17.8 Å². The first kappa shape index (κ1) is 23.9. The van der Waals surface area contributed by atoms with Gasteiger partial charge < -0.3 is 16.4 Å². The van der Waals surface area contributed by atoms with Gasteiger partial charge in [-0.3, -0.25) is 9.78 Å². The maximum Gasteiger partial charge on any atom is 0.224 e. The maximum atomic E-state index is 12.6. The lowest BCUT2D eigenvalue weighted by molar-refractivity contribution is -0.116. The number of amides is 1. The summed E-state index contributed by atoms with van der Waals surface area (Å²) in [5, 5.41) is 7.94. The van der Waals surface area contributed by atoms with Crippen LogP contribution in [0.1, 0.15) is 49.8 Å². The van der Waals surface area contributed by atoms with E-state index in [1.54, 1.807) is 0 Å². The highest BCUT2D eigenvalue weighted by Crippen LogP contribution is 2.33. The number of unbranched alkanes of at least 4 members (excludes halogenated alkanes) is 2. The third kappa shape index (κ3) is 5.51. The summed E-state index contributed by atoms with van der Waals surface area (Å²) in [5.41, 5.74) is 14.5. The van der Waals surface area contributed by atoms with E-state index in [9.17, 15) is 4.79 Å². The molecule has 4 aromatic rings. The highest BCUT2D eigenvalue weighted by atomic mass is 16.1. The van der Waals surface area contributed by atoms with Crippen molar-refractivity contribution in [3.05, 3.63) is 84.1 Å². The molecule has 184 valence electrons. The van der Waals surface area contributed by atoms with E-state index in [4.69, 9.17) is 10.7 Å². The molecule has 0 saturated heterocycles. The second-order valence-corrected chi connectivity index (χ2v) is 9.59. The highest BCUT2D eigenvalue weighted by Gasteiger charge is 2.17. The molecule has 4 N–H and O–H groups in total. The molecule has 5 nitrogen and oxygen atoms in total. The van der Waals surface area contributed by atoms with Gasteiger partial charge in [0.1, 0.15) is 0 Å². The molecular weight excluding hydrogens is 444 g/mol. The van der Waals surface area contributed by atoms with Gasteiger partial charge in [0.25, 0.3) is 0 Å². The molecule has 0 spiro atoms. The van der Waals surface area contributed by atoms with Crippen LogP contribution in [0.15, 0.2) is 72.8 Å². The van der Waals surface area contributed by atoms with E-state index < -0.39 is 0 Å². The van der Waals surface area contributed by atoms with Crippen LogP contribution in [0.5, 0.6) is 0 Å². The number of fused-ring (bicyclic) bond motifs is 2. The predicted octanol–water partition coefficient (Wildman–Crippen LogP) is 6.97. The molecule has 0 aliphatic heterocycles. The smallest absolute Gasteiger partial charge is 0.224 e. The lowest BCUT2D eigenvalue weighted by Gasteiger charge is -2.21. The molecule has 0 fully saturated rings. The molecule has 1 aliphatic carbocycles. The Hall–Kier alpha value is -3.86. The third-order valence-electron chi connectivity index (χ3n) is 6.99. The maximum absolute atomic E-state index is 12.6. The molecule has 0 bridgehead atoms. The molecule has 5 rings (SSSR count). The normalized spacial score (nSPS) is 12.8. The molecule has 36 heavy (non-hydrogen) atoms. The van der Waals surface area contributed by atoms with Crippen molar-refractivity contribution in [2.24, 2.45) is 0 Å². The molecule has 0 atom stereocenters. The first-order valence-corrected chi connectivity index (χ1v) is 13.1. The number of anilines is 3. The van der Waals surface area contributed by atoms with E-state index >= 15 is 0 Å². The van der Waals surface area contributed by atoms with Gasteiger partial charge in [-0.1, -0.05) is 61.0 Å². The molecule has 0 unspecified atom stereocenters. The van der Waals surface area contributed by atoms with Gasteiger partial charge in [0.2, 0.25) is 5.91 Å². The zero-order valence-corrected chi connectivity index (χ0v) is 20.7. The summed E-state index contributed by atoms with van der Waals surface area (Å²) in [6.45, 7) is 0.897. The molecule has 0 saturated carbocycles. The quantitative estimate of drug-likeness (QED) is 0.179. The van der Waals surface area contributed by atoms with E-state index in [-0.39, 0.29) is 5.91 Å². The molecular formula is C31H34N4O. The molecule has 0 radical (unpaired) electrons. The van der Waals surface area contributed by atoms with E-state index in [1.807, 2.05) is 36.4 Å². The number of hydrogen-bond acceptors (Lipinski definition) is 4. The number of rotatable bonds is 9. The van der Waals surface area contributed by atoms with Crippen molar-refractivity contribution in [3.8, 4) is 11.1 Å². The Kier molecular flexibility index (Phi) is 7.46. The second kappa shape index (κ2) is 11.3.